The van der Waals surface area contributed by atoms with E-state index in [1.807, 2.05) is 0 Å². The Bertz CT molecular complexity index is 1650. The summed E-state index contributed by atoms with van der Waals surface area (Å²) < 4.78 is 17.0. The van der Waals surface area contributed by atoms with Gasteiger partial charge in [0.1, 0.15) is 13.2 Å². The molecule has 1 atom stereocenters. The van der Waals surface area contributed by atoms with Crippen molar-refractivity contribution >= 4 is 17.9 Å². The topological polar surface area (TPSA) is 78.9 Å². The summed E-state index contributed by atoms with van der Waals surface area (Å²) in [4.78, 5) is 38.4. The van der Waals surface area contributed by atoms with Crippen molar-refractivity contribution in [2.75, 3.05) is 13.2 Å². The van der Waals surface area contributed by atoms with Crippen LogP contribution in [0.2, 0.25) is 0 Å². The van der Waals surface area contributed by atoms with Gasteiger partial charge in [-0.15, -0.1) is 0 Å². The lowest BCUT2D eigenvalue weighted by atomic mass is 10.0. The molecule has 0 bridgehead atoms. The number of hydrogen-bond acceptors (Lipinski definition) is 6. The molecule has 0 radical (unpaired) electrons. The third kappa shape index (κ3) is 64.6. The van der Waals surface area contributed by atoms with Crippen LogP contribution in [0.5, 0.6) is 0 Å². The maximum atomic E-state index is 13.0. The molecule has 6 nitrogen and oxygen atoms in total. The highest BCUT2D eigenvalue weighted by Crippen LogP contribution is 2.16. The summed E-state index contributed by atoms with van der Waals surface area (Å²) in [6.07, 6.45) is 93.4. The maximum absolute atomic E-state index is 13.0. The molecule has 0 rings (SSSR count). The lowest BCUT2D eigenvalue weighted by Crippen LogP contribution is -2.30. The van der Waals surface area contributed by atoms with Crippen molar-refractivity contribution in [3.05, 3.63) is 122 Å². The Balaban J connectivity index is 4.41. The third-order valence-electron chi connectivity index (χ3n) is 14.2. The molecule has 0 fully saturated rings. The number of unbranched alkanes of at least 4 members (excludes halogenated alkanes) is 29. The molecular formula is C74H124O6. The molecule has 456 valence electrons. The van der Waals surface area contributed by atoms with E-state index in [-0.39, 0.29) is 31.1 Å². The quantitative estimate of drug-likeness (QED) is 0.0261. The summed E-state index contributed by atoms with van der Waals surface area (Å²) in [6, 6.07) is 0. The Kier molecular flexibility index (Phi) is 63.8. The highest BCUT2D eigenvalue weighted by atomic mass is 16.6. The zero-order valence-corrected chi connectivity index (χ0v) is 52.3. The van der Waals surface area contributed by atoms with E-state index in [4.69, 9.17) is 14.2 Å². The van der Waals surface area contributed by atoms with E-state index < -0.39 is 6.10 Å². The van der Waals surface area contributed by atoms with E-state index in [1.54, 1.807) is 0 Å². The van der Waals surface area contributed by atoms with Crippen molar-refractivity contribution in [3.63, 3.8) is 0 Å². The van der Waals surface area contributed by atoms with Crippen LogP contribution >= 0.6 is 0 Å². The minimum absolute atomic E-state index is 0.0887. The molecule has 0 N–H and O–H groups in total. The van der Waals surface area contributed by atoms with E-state index in [0.717, 1.165) is 128 Å². The van der Waals surface area contributed by atoms with Crippen molar-refractivity contribution in [2.24, 2.45) is 0 Å². The van der Waals surface area contributed by atoms with E-state index in [0.29, 0.717) is 19.3 Å². The minimum atomic E-state index is -0.794. The SMILES string of the molecule is CC/C=C\C/C=C\C/C=C\C/C=C\C/C=C\CCCCCCCCCC(=O)OCC(COC(=O)CCCCCCC/C=C\CCCCCCCCC)OC(=O)CCCCCCCCCCCC/C=C\C/C=C\C/C=C\C/C=C\CC. The molecule has 1 unspecified atom stereocenters. The summed E-state index contributed by atoms with van der Waals surface area (Å²) in [5.41, 5.74) is 0. The number of carbonyl (C=O) groups is 3. The van der Waals surface area contributed by atoms with Gasteiger partial charge in [-0.1, -0.05) is 284 Å². The van der Waals surface area contributed by atoms with Gasteiger partial charge in [0.25, 0.3) is 0 Å². The summed E-state index contributed by atoms with van der Waals surface area (Å²) in [6.45, 7) is 6.42. The van der Waals surface area contributed by atoms with Gasteiger partial charge in [0.05, 0.1) is 0 Å². The molecule has 0 aromatic heterocycles. The van der Waals surface area contributed by atoms with Crippen LogP contribution in [-0.4, -0.2) is 37.2 Å². The first-order valence-electron chi connectivity index (χ1n) is 33.5. The summed E-state index contributed by atoms with van der Waals surface area (Å²) >= 11 is 0. The van der Waals surface area contributed by atoms with Crippen LogP contribution in [-0.2, 0) is 28.6 Å². The lowest BCUT2D eigenvalue weighted by molar-refractivity contribution is -0.167. The van der Waals surface area contributed by atoms with Gasteiger partial charge in [-0.05, 0) is 128 Å². The highest BCUT2D eigenvalue weighted by Gasteiger charge is 2.19. The lowest BCUT2D eigenvalue weighted by Gasteiger charge is -2.18. The highest BCUT2D eigenvalue weighted by molar-refractivity contribution is 5.71. The van der Waals surface area contributed by atoms with Crippen LogP contribution in [0.3, 0.4) is 0 Å². The summed E-state index contributed by atoms with van der Waals surface area (Å²) in [5.74, 6) is -0.903. The molecular weight excluding hydrogens is 985 g/mol. The molecule has 0 saturated heterocycles. The van der Waals surface area contributed by atoms with Gasteiger partial charge in [0, 0.05) is 19.3 Å². The Hall–Kier alpha value is -4.19. The van der Waals surface area contributed by atoms with Gasteiger partial charge in [0.2, 0.25) is 0 Å². The molecule has 80 heavy (non-hydrogen) atoms. The van der Waals surface area contributed by atoms with Crippen molar-refractivity contribution in [1.29, 1.82) is 0 Å². The van der Waals surface area contributed by atoms with Crippen LogP contribution in [0, 0.1) is 0 Å². The molecule has 6 heteroatoms. The minimum Gasteiger partial charge on any atom is -0.462 e. The Morgan fingerprint density at radius 3 is 0.775 bits per heavy atom. The van der Waals surface area contributed by atoms with Gasteiger partial charge in [-0.25, -0.2) is 0 Å². The average molecular weight is 1110 g/mol. The fraction of sp³-hybridized carbons (Fsp3) is 0.689. The van der Waals surface area contributed by atoms with Gasteiger partial charge in [-0.3, -0.25) is 14.4 Å². The maximum Gasteiger partial charge on any atom is 0.306 e. The zero-order valence-electron chi connectivity index (χ0n) is 52.3. The standard InChI is InChI=1S/C74H124O6/c1-4-7-10-13-16-19-22-25-28-31-33-35-37-39-41-43-46-49-52-55-58-61-64-67-73(76)79-70-71(69-78-72(75)66-63-60-57-54-51-48-45-30-27-24-21-18-15-12-9-6-3)80-74(77)68-65-62-59-56-53-50-47-44-42-40-38-36-34-32-29-26-23-20-17-14-11-8-5-2/h7-8,10-11,16-17,19-20,25-26,28-30,33-36,39,41,45,71H,4-6,9,12-15,18,21-24,27,31-32,37-38,40,42-44,46-70H2,1-3H3/b10-7-,11-8-,19-16-,20-17-,28-25-,29-26-,35-33-,36-34-,41-39-,45-30-. The normalized spacial score (nSPS) is 12.9. The van der Waals surface area contributed by atoms with Crippen LogP contribution in [0.1, 0.15) is 310 Å². The molecule has 0 heterocycles. The number of allylic oxidation sites excluding steroid dienone is 20. The fourth-order valence-electron chi connectivity index (χ4n) is 9.22. The Morgan fingerprint density at radius 2 is 0.487 bits per heavy atom. The second-order valence-corrected chi connectivity index (χ2v) is 22.0. The summed E-state index contributed by atoms with van der Waals surface area (Å²) in [7, 11) is 0. The third-order valence-corrected chi connectivity index (χ3v) is 14.2. The largest absolute Gasteiger partial charge is 0.462 e. The monoisotopic (exact) mass is 1110 g/mol. The van der Waals surface area contributed by atoms with Crippen molar-refractivity contribution in [2.45, 2.75) is 316 Å². The second kappa shape index (κ2) is 67.3. The Morgan fingerprint density at radius 1 is 0.263 bits per heavy atom. The van der Waals surface area contributed by atoms with Gasteiger partial charge >= 0.3 is 17.9 Å². The van der Waals surface area contributed by atoms with E-state index >= 15 is 0 Å². The van der Waals surface area contributed by atoms with E-state index in [2.05, 4.69) is 142 Å². The van der Waals surface area contributed by atoms with Crippen molar-refractivity contribution < 1.29 is 28.6 Å². The van der Waals surface area contributed by atoms with Crippen molar-refractivity contribution in [1.82, 2.24) is 0 Å². The van der Waals surface area contributed by atoms with E-state index in [1.165, 1.54) is 141 Å². The number of rotatable bonds is 60. The number of esters is 3. The summed E-state index contributed by atoms with van der Waals surface area (Å²) in [5, 5.41) is 0. The Labute approximate surface area is 494 Å². The smallest absolute Gasteiger partial charge is 0.306 e. The molecule has 0 aliphatic rings. The van der Waals surface area contributed by atoms with Gasteiger partial charge < -0.3 is 14.2 Å². The molecule has 0 aliphatic carbocycles. The first-order chi connectivity index (χ1) is 39.5. The first-order valence-corrected chi connectivity index (χ1v) is 33.5. The number of ether oxygens (including phenoxy) is 3. The molecule has 0 aliphatic heterocycles. The number of hydrogen-bond donors (Lipinski definition) is 0. The fourth-order valence-corrected chi connectivity index (χ4v) is 9.22. The van der Waals surface area contributed by atoms with E-state index in [9.17, 15) is 14.4 Å². The predicted octanol–water partition coefficient (Wildman–Crippen LogP) is 23.2. The van der Waals surface area contributed by atoms with Crippen LogP contribution in [0.15, 0.2) is 122 Å². The average Bonchev–Trinajstić information content (AvgIpc) is 3.46. The van der Waals surface area contributed by atoms with Crippen LogP contribution < -0.4 is 0 Å². The molecule has 0 spiro atoms. The predicted molar refractivity (Wildman–Crippen MR) is 348 cm³/mol. The van der Waals surface area contributed by atoms with Crippen LogP contribution in [0.25, 0.3) is 0 Å². The molecule has 0 amide bonds. The van der Waals surface area contributed by atoms with Crippen LogP contribution in [0.4, 0.5) is 0 Å². The molecule has 0 saturated carbocycles. The zero-order chi connectivity index (χ0) is 57.8. The number of carbonyl (C=O) groups excluding carboxylic acids is 3. The first kappa shape index (κ1) is 75.8. The second-order valence-electron chi connectivity index (χ2n) is 22.0. The molecule has 0 aromatic carbocycles. The van der Waals surface area contributed by atoms with Gasteiger partial charge in [-0.2, -0.15) is 0 Å². The van der Waals surface area contributed by atoms with Crippen molar-refractivity contribution in [3.8, 4) is 0 Å². The molecule has 0 aromatic rings. The van der Waals surface area contributed by atoms with Gasteiger partial charge in [0.15, 0.2) is 6.10 Å².